The molecule has 2 aliphatic heterocycles. The number of aliphatic hydroxyl groups excluding tert-OH is 1. The number of hydrogen-bond donors (Lipinski definition) is 1. The lowest BCUT2D eigenvalue weighted by Gasteiger charge is -2.35. The number of ether oxygens (including phenoxy) is 3. The quantitative estimate of drug-likeness (QED) is 0.871. The summed E-state index contributed by atoms with van der Waals surface area (Å²) in [7, 11) is 0. The van der Waals surface area contributed by atoms with Gasteiger partial charge in [-0.25, -0.2) is 0 Å². The van der Waals surface area contributed by atoms with E-state index in [0.29, 0.717) is 31.6 Å². The second kappa shape index (κ2) is 7.51. The Bertz CT molecular complexity index is 512. The number of rotatable bonds is 6. The third-order valence-corrected chi connectivity index (χ3v) is 4.43. The number of hydrogen-bond acceptors (Lipinski definition) is 5. The zero-order valence-corrected chi connectivity index (χ0v) is 14.0. The monoisotopic (exact) mass is 321 g/mol. The van der Waals surface area contributed by atoms with Crippen molar-refractivity contribution < 1.29 is 19.3 Å². The molecule has 0 unspecified atom stereocenters. The van der Waals surface area contributed by atoms with Crippen LogP contribution < -0.4 is 9.47 Å². The Kier molecular flexibility index (Phi) is 5.41. The molecule has 3 rings (SSSR count). The minimum absolute atomic E-state index is 0.283. The lowest BCUT2D eigenvalue weighted by molar-refractivity contribution is -0.000915. The maximum absolute atomic E-state index is 10.2. The van der Waals surface area contributed by atoms with Crippen molar-refractivity contribution in [2.24, 2.45) is 11.8 Å². The van der Waals surface area contributed by atoms with Crippen molar-refractivity contribution in [1.82, 2.24) is 4.90 Å². The summed E-state index contributed by atoms with van der Waals surface area (Å²) >= 11 is 0. The first kappa shape index (κ1) is 16.6. The van der Waals surface area contributed by atoms with Crippen LogP contribution in [0.2, 0.25) is 0 Å². The minimum atomic E-state index is -0.443. The molecule has 0 saturated carbocycles. The van der Waals surface area contributed by atoms with Gasteiger partial charge in [0, 0.05) is 19.6 Å². The molecule has 0 radical (unpaired) electrons. The van der Waals surface area contributed by atoms with Gasteiger partial charge in [0.1, 0.15) is 0 Å². The lowest BCUT2D eigenvalue weighted by Crippen LogP contribution is -2.43. The zero-order chi connectivity index (χ0) is 16.2. The summed E-state index contributed by atoms with van der Waals surface area (Å²) in [6.07, 6.45) is 0.842. The highest BCUT2D eigenvalue weighted by atomic mass is 16.7. The first-order chi connectivity index (χ1) is 11.1. The van der Waals surface area contributed by atoms with E-state index in [4.69, 9.17) is 14.2 Å². The molecule has 0 bridgehead atoms. The van der Waals surface area contributed by atoms with Gasteiger partial charge < -0.3 is 24.2 Å². The number of piperidine rings is 1. The predicted octanol–water partition coefficient (Wildman–Crippen LogP) is 2.27. The normalized spacial score (nSPS) is 25.5. The molecule has 1 saturated heterocycles. The van der Waals surface area contributed by atoms with E-state index in [9.17, 15) is 5.11 Å². The fourth-order valence-corrected chi connectivity index (χ4v) is 3.64. The van der Waals surface area contributed by atoms with E-state index in [1.54, 1.807) is 0 Å². The Labute approximate surface area is 138 Å². The Balaban J connectivity index is 1.40. The lowest BCUT2D eigenvalue weighted by atomic mass is 9.92. The summed E-state index contributed by atoms with van der Waals surface area (Å²) in [5.41, 5.74) is 1.03. The van der Waals surface area contributed by atoms with Gasteiger partial charge in [0.15, 0.2) is 11.5 Å². The predicted molar refractivity (Wildman–Crippen MR) is 87.6 cm³/mol. The van der Waals surface area contributed by atoms with Crippen LogP contribution in [0.3, 0.4) is 0 Å². The molecule has 0 aliphatic carbocycles. The average Bonchev–Trinajstić information content (AvgIpc) is 2.93. The van der Waals surface area contributed by atoms with Crippen LogP contribution in [0.1, 0.15) is 25.8 Å². The van der Waals surface area contributed by atoms with Gasteiger partial charge >= 0.3 is 0 Å². The fourth-order valence-electron chi connectivity index (χ4n) is 3.64. The highest BCUT2D eigenvalue weighted by Gasteiger charge is 2.23. The summed E-state index contributed by atoms with van der Waals surface area (Å²) in [5.74, 6) is 2.96. The number of aliphatic hydroxyl groups is 1. The highest BCUT2D eigenvalue weighted by Crippen LogP contribution is 2.32. The van der Waals surface area contributed by atoms with Gasteiger partial charge in [0.25, 0.3) is 0 Å². The van der Waals surface area contributed by atoms with Crippen LogP contribution >= 0.6 is 0 Å². The van der Waals surface area contributed by atoms with Crippen molar-refractivity contribution in [2.75, 3.05) is 33.0 Å². The van der Waals surface area contributed by atoms with Gasteiger partial charge in [0.2, 0.25) is 6.79 Å². The SMILES string of the molecule is C[C@H]1C[C@H](C)CN(C[C@@H](O)COCc2ccc3c(c2)OCO3)C1. The van der Waals surface area contributed by atoms with Crippen molar-refractivity contribution in [3.63, 3.8) is 0 Å². The highest BCUT2D eigenvalue weighted by molar-refractivity contribution is 5.44. The molecule has 5 nitrogen and oxygen atoms in total. The van der Waals surface area contributed by atoms with Gasteiger partial charge in [-0.3, -0.25) is 0 Å². The van der Waals surface area contributed by atoms with Crippen LogP contribution in [0.4, 0.5) is 0 Å². The molecule has 128 valence electrons. The Morgan fingerprint density at radius 1 is 1.22 bits per heavy atom. The summed E-state index contributed by atoms with van der Waals surface area (Å²) < 4.78 is 16.3. The molecule has 0 amide bonds. The van der Waals surface area contributed by atoms with Crippen LogP contribution in [0.15, 0.2) is 18.2 Å². The van der Waals surface area contributed by atoms with Gasteiger partial charge in [-0.15, -0.1) is 0 Å². The fraction of sp³-hybridized carbons (Fsp3) is 0.667. The molecule has 2 aliphatic rings. The van der Waals surface area contributed by atoms with Crippen molar-refractivity contribution >= 4 is 0 Å². The molecule has 0 aromatic heterocycles. The summed E-state index contributed by atoms with van der Waals surface area (Å²) in [6, 6.07) is 5.80. The Hall–Kier alpha value is -1.30. The van der Waals surface area contributed by atoms with Crippen LogP contribution in [-0.4, -0.2) is 49.1 Å². The third kappa shape index (κ3) is 4.59. The molecular formula is C18H27NO4. The van der Waals surface area contributed by atoms with Crippen molar-refractivity contribution in [2.45, 2.75) is 33.0 Å². The van der Waals surface area contributed by atoms with Crippen LogP contribution in [0, 0.1) is 11.8 Å². The average molecular weight is 321 g/mol. The van der Waals surface area contributed by atoms with Crippen LogP contribution in [-0.2, 0) is 11.3 Å². The third-order valence-electron chi connectivity index (χ3n) is 4.43. The zero-order valence-electron chi connectivity index (χ0n) is 14.0. The molecule has 1 aromatic carbocycles. The van der Waals surface area contributed by atoms with Crippen LogP contribution in [0.25, 0.3) is 0 Å². The second-order valence-electron chi connectivity index (χ2n) is 7.02. The van der Waals surface area contributed by atoms with Gasteiger partial charge in [-0.1, -0.05) is 19.9 Å². The summed E-state index contributed by atoms with van der Waals surface area (Å²) in [6.45, 7) is 8.51. The molecule has 23 heavy (non-hydrogen) atoms. The standard InChI is InChI=1S/C18H27NO4/c1-13-5-14(2)8-19(7-13)9-16(20)11-21-10-15-3-4-17-18(6-15)23-12-22-17/h3-4,6,13-14,16,20H,5,7-12H2,1-2H3/t13-,14-,16+/m0/s1. The smallest absolute Gasteiger partial charge is 0.231 e. The largest absolute Gasteiger partial charge is 0.454 e. The van der Waals surface area contributed by atoms with Gasteiger partial charge in [-0.05, 0) is 36.0 Å². The number of nitrogens with zero attached hydrogens (tertiary/aromatic N) is 1. The minimum Gasteiger partial charge on any atom is -0.454 e. The number of likely N-dealkylation sites (tertiary alicyclic amines) is 1. The Morgan fingerprint density at radius 2 is 1.96 bits per heavy atom. The topological polar surface area (TPSA) is 51.2 Å². The van der Waals surface area contributed by atoms with Gasteiger partial charge in [-0.2, -0.15) is 0 Å². The Morgan fingerprint density at radius 3 is 2.74 bits per heavy atom. The van der Waals surface area contributed by atoms with Crippen molar-refractivity contribution in [3.05, 3.63) is 23.8 Å². The molecule has 0 spiro atoms. The molecule has 2 heterocycles. The van der Waals surface area contributed by atoms with E-state index in [1.165, 1.54) is 6.42 Å². The first-order valence-electron chi connectivity index (χ1n) is 8.47. The van der Waals surface area contributed by atoms with E-state index < -0.39 is 6.10 Å². The van der Waals surface area contributed by atoms with E-state index in [-0.39, 0.29) is 6.79 Å². The van der Waals surface area contributed by atoms with Crippen LogP contribution in [0.5, 0.6) is 11.5 Å². The molecule has 1 fully saturated rings. The molecule has 1 N–H and O–H groups in total. The summed E-state index contributed by atoms with van der Waals surface area (Å²) in [5, 5.41) is 10.2. The summed E-state index contributed by atoms with van der Waals surface area (Å²) in [4.78, 5) is 2.35. The van der Waals surface area contributed by atoms with Crippen molar-refractivity contribution in [1.29, 1.82) is 0 Å². The molecule has 5 heteroatoms. The second-order valence-corrected chi connectivity index (χ2v) is 7.02. The number of β-amino-alcohol motifs (C(OH)–C–C–N with tert-alkyl or cyclic N) is 1. The van der Waals surface area contributed by atoms with Gasteiger partial charge in [0.05, 0.1) is 19.3 Å². The number of fused-ring (bicyclic) bond motifs is 1. The maximum Gasteiger partial charge on any atom is 0.231 e. The van der Waals surface area contributed by atoms with E-state index >= 15 is 0 Å². The molecule has 3 atom stereocenters. The number of benzene rings is 1. The molecule has 1 aromatic rings. The van der Waals surface area contributed by atoms with E-state index in [2.05, 4.69) is 18.7 Å². The van der Waals surface area contributed by atoms with E-state index in [1.807, 2.05) is 18.2 Å². The van der Waals surface area contributed by atoms with Crippen molar-refractivity contribution in [3.8, 4) is 11.5 Å². The first-order valence-corrected chi connectivity index (χ1v) is 8.47. The molecular weight excluding hydrogens is 294 g/mol. The maximum atomic E-state index is 10.2. The van der Waals surface area contributed by atoms with E-state index in [0.717, 1.165) is 30.2 Å².